The zero-order chi connectivity index (χ0) is 20.1. The van der Waals surface area contributed by atoms with Gasteiger partial charge in [0.2, 0.25) is 0 Å². The standard InChI is InChI=1S/C22H23NO5/c1-21(2)12-11-13-5-10-16-17(18(13)28-21)22(25,19(27-4)20(24)23-16)14-6-8-15(26-3)9-7-14/h5-12,19,25H,1-4H3,(H,23,24)/t19-,22+/m0/s1. The van der Waals surface area contributed by atoms with E-state index in [-0.39, 0.29) is 0 Å². The van der Waals surface area contributed by atoms with Gasteiger partial charge in [-0.25, -0.2) is 0 Å². The average molecular weight is 381 g/mol. The van der Waals surface area contributed by atoms with Crippen molar-refractivity contribution < 1.29 is 24.1 Å². The van der Waals surface area contributed by atoms with E-state index in [1.54, 1.807) is 37.4 Å². The van der Waals surface area contributed by atoms with Gasteiger partial charge in [-0.3, -0.25) is 4.79 Å². The lowest BCUT2D eigenvalue weighted by molar-refractivity contribution is -0.142. The maximum absolute atomic E-state index is 12.7. The predicted octanol–water partition coefficient (Wildman–Crippen LogP) is 3.08. The number of benzene rings is 2. The Labute approximate surface area is 163 Å². The lowest BCUT2D eigenvalue weighted by Crippen LogP contribution is -2.53. The Balaban J connectivity index is 2.00. The van der Waals surface area contributed by atoms with Gasteiger partial charge in [-0.15, -0.1) is 0 Å². The van der Waals surface area contributed by atoms with Crippen LogP contribution in [0.5, 0.6) is 11.5 Å². The van der Waals surface area contributed by atoms with Crippen LogP contribution in [0.2, 0.25) is 0 Å². The third-order valence-electron chi connectivity index (χ3n) is 5.24. The first-order valence-corrected chi connectivity index (χ1v) is 9.06. The summed E-state index contributed by atoms with van der Waals surface area (Å²) in [5.41, 5.74) is 0.0512. The summed E-state index contributed by atoms with van der Waals surface area (Å²) in [5.74, 6) is 0.765. The highest BCUT2D eigenvalue weighted by atomic mass is 16.5. The van der Waals surface area contributed by atoms with Crippen molar-refractivity contribution in [3.05, 3.63) is 59.2 Å². The van der Waals surface area contributed by atoms with E-state index < -0.39 is 23.2 Å². The fraction of sp³-hybridized carbons (Fsp3) is 0.318. The molecule has 0 spiro atoms. The van der Waals surface area contributed by atoms with E-state index in [1.165, 1.54) is 7.11 Å². The van der Waals surface area contributed by atoms with E-state index >= 15 is 0 Å². The molecule has 28 heavy (non-hydrogen) atoms. The zero-order valence-electron chi connectivity index (χ0n) is 16.3. The molecule has 0 aromatic heterocycles. The highest BCUT2D eigenvalue weighted by Gasteiger charge is 2.52. The quantitative estimate of drug-likeness (QED) is 0.854. The van der Waals surface area contributed by atoms with E-state index in [1.807, 2.05) is 32.1 Å². The fourth-order valence-corrected chi connectivity index (χ4v) is 3.85. The number of aliphatic hydroxyl groups is 1. The number of hydrogen-bond donors (Lipinski definition) is 2. The summed E-state index contributed by atoms with van der Waals surface area (Å²) in [6.07, 6.45) is 2.78. The van der Waals surface area contributed by atoms with Gasteiger partial charge in [-0.05, 0) is 49.8 Å². The molecule has 146 valence electrons. The molecule has 2 heterocycles. The molecule has 6 nitrogen and oxygen atoms in total. The monoisotopic (exact) mass is 381 g/mol. The Bertz CT molecular complexity index is 964. The molecule has 0 saturated carbocycles. The molecule has 2 aromatic carbocycles. The Morgan fingerprint density at radius 2 is 1.82 bits per heavy atom. The van der Waals surface area contributed by atoms with Crippen molar-refractivity contribution in [3.63, 3.8) is 0 Å². The molecule has 0 saturated heterocycles. The summed E-state index contributed by atoms with van der Waals surface area (Å²) in [6.45, 7) is 3.88. The minimum absolute atomic E-state index is 0.418. The number of anilines is 1. The Hall–Kier alpha value is -2.83. The van der Waals surface area contributed by atoms with Crippen LogP contribution in [0.15, 0.2) is 42.5 Å². The predicted molar refractivity (Wildman–Crippen MR) is 106 cm³/mol. The van der Waals surface area contributed by atoms with E-state index in [4.69, 9.17) is 14.2 Å². The van der Waals surface area contributed by atoms with Crippen LogP contribution in [0, 0.1) is 0 Å². The molecule has 1 amide bonds. The first-order chi connectivity index (χ1) is 13.3. The number of nitrogens with one attached hydrogen (secondary N) is 1. The molecule has 2 aromatic rings. The number of carbonyl (C=O) groups excluding carboxylic acids is 1. The molecule has 0 aliphatic carbocycles. The Morgan fingerprint density at radius 1 is 1.11 bits per heavy atom. The van der Waals surface area contributed by atoms with E-state index in [9.17, 15) is 9.90 Å². The molecule has 2 aliphatic rings. The summed E-state index contributed by atoms with van der Waals surface area (Å²) in [6, 6.07) is 10.6. The number of carbonyl (C=O) groups is 1. The summed E-state index contributed by atoms with van der Waals surface area (Å²) >= 11 is 0. The van der Waals surface area contributed by atoms with Crippen LogP contribution in [0.1, 0.15) is 30.5 Å². The molecule has 2 aliphatic heterocycles. The first kappa shape index (κ1) is 18.5. The van der Waals surface area contributed by atoms with Gasteiger partial charge in [0, 0.05) is 12.7 Å². The summed E-state index contributed by atoms with van der Waals surface area (Å²) in [7, 11) is 2.98. The van der Waals surface area contributed by atoms with Gasteiger partial charge in [-0.1, -0.05) is 18.2 Å². The average Bonchev–Trinajstić information content (AvgIpc) is 2.67. The Kier molecular flexibility index (Phi) is 4.21. The van der Waals surface area contributed by atoms with Gasteiger partial charge in [0.05, 0.1) is 18.4 Å². The highest BCUT2D eigenvalue weighted by Crippen LogP contribution is 2.50. The first-order valence-electron chi connectivity index (χ1n) is 9.06. The molecule has 4 rings (SSSR count). The van der Waals surface area contributed by atoms with Crippen LogP contribution in [0.4, 0.5) is 5.69 Å². The number of rotatable bonds is 3. The molecule has 0 fully saturated rings. The number of fused-ring (bicyclic) bond motifs is 3. The summed E-state index contributed by atoms with van der Waals surface area (Å²) in [5, 5.41) is 14.8. The van der Waals surface area contributed by atoms with Crippen LogP contribution in [0.25, 0.3) is 6.08 Å². The lowest BCUT2D eigenvalue weighted by Gasteiger charge is -2.42. The van der Waals surface area contributed by atoms with Crippen LogP contribution in [0.3, 0.4) is 0 Å². The lowest BCUT2D eigenvalue weighted by atomic mass is 9.76. The number of amides is 1. The maximum Gasteiger partial charge on any atom is 0.257 e. The molecular formula is C22H23NO5. The van der Waals surface area contributed by atoms with Crippen LogP contribution in [-0.2, 0) is 15.1 Å². The minimum Gasteiger partial charge on any atom is -0.497 e. The van der Waals surface area contributed by atoms with Gasteiger partial charge in [-0.2, -0.15) is 0 Å². The third kappa shape index (κ3) is 2.68. The van der Waals surface area contributed by atoms with Crippen molar-refractivity contribution in [2.24, 2.45) is 0 Å². The van der Waals surface area contributed by atoms with Crippen molar-refractivity contribution in [3.8, 4) is 11.5 Å². The van der Waals surface area contributed by atoms with E-state index in [2.05, 4.69) is 5.32 Å². The molecule has 2 atom stereocenters. The van der Waals surface area contributed by atoms with Crippen LogP contribution < -0.4 is 14.8 Å². The maximum atomic E-state index is 12.7. The second-order valence-electron chi connectivity index (χ2n) is 7.55. The third-order valence-corrected chi connectivity index (χ3v) is 5.24. The fourth-order valence-electron chi connectivity index (χ4n) is 3.85. The van der Waals surface area contributed by atoms with Crippen LogP contribution >= 0.6 is 0 Å². The van der Waals surface area contributed by atoms with Crippen molar-refractivity contribution in [2.75, 3.05) is 19.5 Å². The minimum atomic E-state index is -1.73. The van der Waals surface area contributed by atoms with Gasteiger partial charge in [0.15, 0.2) is 11.7 Å². The van der Waals surface area contributed by atoms with Crippen molar-refractivity contribution in [1.29, 1.82) is 0 Å². The van der Waals surface area contributed by atoms with Gasteiger partial charge in [0.1, 0.15) is 17.1 Å². The number of methoxy groups -OCH3 is 2. The zero-order valence-corrected chi connectivity index (χ0v) is 16.3. The van der Waals surface area contributed by atoms with E-state index in [0.29, 0.717) is 28.3 Å². The number of hydrogen-bond acceptors (Lipinski definition) is 5. The summed E-state index contributed by atoms with van der Waals surface area (Å²) in [4.78, 5) is 12.7. The topological polar surface area (TPSA) is 77.0 Å². The number of ether oxygens (including phenoxy) is 3. The molecule has 6 heteroatoms. The largest absolute Gasteiger partial charge is 0.497 e. The normalized spacial score (nSPS) is 24.6. The smallest absolute Gasteiger partial charge is 0.257 e. The van der Waals surface area contributed by atoms with Crippen LogP contribution in [-0.4, -0.2) is 36.9 Å². The highest BCUT2D eigenvalue weighted by molar-refractivity contribution is 6.00. The van der Waals surface area contributed by atoms with Crippen molar-refractivity contribution in [1.82, 2.24) is 0 Å². The van der Waals surface area contributed by atoms with Gasteiger partial charge < -0.3 is 24.6 Å². The Morgan fingerprint density at radius 3 is 2.46 bits per heavy atom. The molecule has 0 radical (unpaired) electrons. The van der Waals surface area contributed by atoms with E-state index in [0.717, 1.165) is 5.56 Å². The van der Waals surface area contributed by atoms with Crippen molar-refractivity contribution >= 4 is 17.7 Å². The van der Waals surface area contributed by atoms with Gasteiger partial charge >= 0.3 is 0 Å². The summed E-state index contributed by atoms with van der Waals surface area (Å²) < 4.78 is 16.9. The molecular weight excluding hydrogens is 358 g/mol. The SMILES string of the molecule is COc1ccc([C@@]2(O)c3c(ccc4c3OC(C)(C)C=C4)NC(=O)[C@@H]2OC)cc1. The molecule has 2 N–H and O–H groups in total. The van der Waals surface area contributed by atoms with Gasteiger partial charge in [0.25, 0.3) is 5.91 Å². The van der Waals surface area contributed by atoms with Crippen molar-refractivity contribution in [2.45, 2.75) is 31.2 Å². The molecule has 0 bridgehead atoms. The second-order valence-corrected chi connectivity index (χ2v) is 7.55. The second kappa shape index (κ2) is 6.36. The molecule has 0 unspecified atom stereocenters.